The Labute approximate surface area is 174 Å². The third-order valence-electron chi connectivity index (χ3n) is 6.24. The van der Waals surface area contributed by atoms with Gasteiger partial charge in [0.15, 0.2) is 0 Å². The van der Waals surface area contributed by atoms with Gasteiger partial charge in [-0.1, -0.05) is 29.8 Å². The van der Waals surface area contributed by atoms with Crippen molar-refractivity contribution in [2.75, 3.05) is 26.3 Å². The number of carbonyl (C=O) groups excluding carboxylic acids is 1. The van der Waals surface area contributed by atoms with Crippen LogP contribution in [-0.4, -0.2) is 41.8 Å². The molecule has 6 nitrogen and oxygen atoms in total. The van der Waals surface area contributed by atoms with Crippen molar-refractivity contribution < 1.29 is 9.53 Å². The number of hydrogen-bond acceptors (Lipinski definition) is 4. The SMILES string of the molecule is O=C(NCc1ccc(-n2cnc3ccccc32)cc1Cl)C1CNCC12CCOC2. The van der Waals surface area contributed by atoms with Crippen molar-refractivity contribution >= 4 is 28.5 Å². The molecule has 2 aliphatic rings. The average Bonchev–Trinajstić information content (AvgIpc) is 3.47. The molecule has 0 bridgehead atoms. The molecule has 5 rings (SSSR count). The van der Waals surface area contributed by atoms with Crippen LogP contribution in [0.5, 0.6) is 0 Å². The van der Waals surface area contributed by atoms with E-state index in [1.165, 1.54) is 0 Å². The molecule has 3 aromatic rings. The Morgan fingerprint density at radius 2 is 2.24 bits per heavy atom. The van der Waals surface area contributed by atoms with Crippen molar-refractivity contribution in [1.82, 2.24) is 20.2 Å². The maximum Gasteiger partial charge on any atom is 0.225 e. The van der Waals surface area contributed by atoms with Gasteiger partial charge >= 0.3 is 0 Å². The predicted molar refractivity (Wildman–Crippen MR) is 112 cm³/mol. The summed E-state index contributed by atoms with van der Waals surface area (Å²) in [5, 5.41) is 7.07. The number of amides is 1. The molecular weight excluding hydrogens is 388 g/mol. The Balaban J connectivity index is 1.30. The van der Waals surface area contributed by atoms with E-state index in [9.17, 15) is 4.79 Å². The zero-order chi connectivity index (χ0) is 19.8. The second kappa shape index (κ2) is 7.44. The first-order valence-electron chi connectivity index (χ1n) is 9.93. The molecule has 3 heterocycles. The Hall–Kier alpha value is -2.41. The van der Waals surface area contributed by atoms with Gasteiger partial charge in [0.05, 0.1) is 23.6 Å². The second-order valence-electron chi connectivity index (χ2n) is 7.95. The number of nitrogens with one attached hydrogen (secondary N) is 2. The van der Waals surface area contributed by atoms with E-state index in [1.54, 1.807) is 6.33 Å². The van der Waals surface area contributed by atoms with Crippen molar-refractivity contribution in [2.24, 2.45) is 11.3 Å². The Kier molecular flexibility index (Phi) is 4.78. The highest BCUT2D eigenvalue weighted by Gasteiger charge is 2.49. The summed E-state index contributed by atoms with van der Waals surface area (Å²) in [5.74, 6) is 0.0154. The van der Waals surface area contributed by atoms with Crippen molar-refractivity contribution in [3.63, 3.8) is 0 Å². The quantitative estimate of drug-likeness (QED) is 0.694. The van der Waals surface area contributed by atoms with E-state index in [2.05, 4.69) is 15.6 Å². The van der Waals surface area contributed by atoms with Gasteiger partial charge in [-0.15, -0.1) is 0 Å². The van der Waals surface area contributed by atoms with Gasteiger partial charge in [-0.2, -0.15) is 0 Å². The van der Waals surface area contributed by atoms with Crippen LogP contribution in [0.4, 0.5) is 0 Å². The molecule has 150 valence electrons. The number of rotatable bonds is 4. The van der Waals surface area contributed by atoms with Crippen molar-refractivity contribution in [3.05, 3.63) is 59.4 Å². The van der Waals surface area contributed by atoms with Gasteiger partial charge in [0.25, 0.3) is 0 Å². The molecular formula is C22H23ClN4O2. The third-order valence-corrected chi connectivity index (χ3v) is 6.59. The third kappa shape index (κ3) is 3.31. The molecule has 2 fully saturated rings. The van der Waals surface area contributed by atoms with Crippen LogP contribution in [0.15, 0.2) is 48.8 Å². The van der Waals surface area contributed by atoms with E-state index in [-0.39, 0.29) is 17.2 Å². The summed E-state index contributed by atoms with van der Waals surface area (Å²) in [6.45, 7) is 3.36. The monoisotopic (exact) mass is 410 g/mol. The van der Waals surface area contributed by atoms with Gasteiger partial charge in [0.2, 0.25) is 5.91 Å². The maximum atomic E-state index is 12.8. The van der Waals surface area contributed by atoms with E-state index in [1.807, 2.05) is 47.0 Å². The van der Waals surface area contributed by atoms with Gasteiger partial charge in [-0.3, -0.25) is 9.36 Å². The van der Waals surface area contributed by atoms with Crippen LogP contribution in [-0.2, 0) is 16.1 Å². The molecule has 0 aliphatic carbocycles. The fraction of sp³-hybridized carbons (Fsp3) is 0.364. The number of carbonyl (C=O) groups is 1. The molecule has 2 aromatic carbocycles. The number of ether oxygens (including phenoxy) is 1. The summed E-state index contributed by atoms with van der Waals surface area (Å²) >= 11 is 6.54. The maximum absolute atomic E-state index is 12.8. The summed E-state index contributed by atoms with van der Waals surface area (Å²) in [4.78, 5) is 17.3. The molecule has 0 radical (unpaired) electrons. The number of halogens is 1. The molecule has 1 aromatic heterocycles. The largest absolute Gasteiger partial charge is 0.381 e. The van der Waals surface area contributed by atoms with Gasteiger partial charge in [0.1, 0.15) is 6.33 Å². The number of nitrogens with zero attached hydrogens (tertiary/aromatic N) is 2. The zero-order valence-corrected chi connectivity index (χ0v) is 16.8. The van der Waals surface area contributed by atoms with Crippen LogP contribution >= 0.6 is 11.6 Å². The molecule has 2 atom stereocenters. The van der Waals surface area contributed by atoms with Crippen LogP contribution in [0.2, 0.25) is 5.02 Å². The molecule has 2 aliphatic heterocycles. The van der Waals surface area contributed by atoms with Crippen LogP contribution < -0.4 is 10.6 Å². The number of hydrogen-bond donors (Lipinski definition) is 2. The summed E-state index contributed by atoms with van der Waals surface area (Å²) in [5.41, 5.74) is 3.76. The Morgan fingerprint density at radius 1 is 1.34 bits per heavy atom. The summed E-state index contributed by atoms with van der Waals surface area (Å²) < 4.78 is 7.59. The zero-order valence-electron chi connectivity index (χ0n) is 16.0. The smallest absolute Gasteiger partial charge is 0.225 e. The molecule has 1 spiro atoms. The van der Waals surface area contributed by atoms with Crippen molar-refractivity contribution in [3.8, 4) is 5.69 Å². The van der Waals surface area contributed by atoms with Crippen LogP contribution in [0.25, 0.3) is 16.7 Å². The summed E-state index contributed by atoms with van der Waals surface area (Å²) in [6, 6.07) is 13.9. The van der Waals surface area contributed by atoms with E-state index in [4.69, 9.17) is 16.3 Å². The van der Waals surface area contributed by atoms with Gasteiger partial charge in [-0.25, -0.2) is 4.98 Å². The molecule has 29 heavy (non-hydrogen) atoms. The second-order valence-corrected chi connectivity index (χ2v) is 8.35. The molecule has 2 unspecified atom stereocenters. The lowest BCUT2D eigenvalue weighted by Crippen LogP contribution is -2.41. The average molecular weight is 411 g/mol. The first-order valence-corrected chi connectivity index (χ1v) is 10.3. The summed E-state index contributed by atoms with van der Waals surface area (Å²) in [7, 11) is 0. The fourth-order valence-corrected chi connectivity index (χ4v) is 4.75. The van der Waals surface area contributed by atoms with Crippen molar-refractivity contribution in [2.45, 2.75) is 13.0 Å². The van der Waals surface area contributed by atoms with Gasteiger partial charge < -0.3 is 15.4 Å². The highest BCUT2D eigenvalue weighted by molar-refractivity contribution is 6.31. The standard InChI is InChI=1S/C22H23ClN4O2/c23-18-9-16(27-14-26-19-3-1-2-4-20(19)27)6-5-15(18)10-25-21(28)17-11-24-12-22(17)7-8-29-13-22/h1-6,9,14,17,24H,7-8,10-13H2,(H,25,28). The highest BCUT2D eigenvalue weighted by Crippen LogP contribution is 2.39. The van der Waals surface area contributed by atoms with Gasteiger partial charge in [-0.05, 0) is 36.2 Å². The molecule has 1 amide bonds. The van der Waals surface area contributed by atoms with Crippen LogP contribution in [0.1, 0.15) is 12.0 Å². The molecule has 0 saturated carbocycles. The number of imidazole rings is 1. The number of fused-ring (bicyclic) bond motifs is 1. The first-order chi connectivity index (χ1) is 14.2. The van der Waals surface area contributed by atoms with Crippen LogP contribution in [0.3, 0.4) is 0 Å². The highest BCUT2D eigenvalue weighted by atomic mass is 35.5. The minimum absolute atomic E-state index is 0.0552. The predicted octanol–water partition coefficient (Wildman–Crippen LogP) is 2.92. The lowest BCUT2D eigenvalue weighted by atomic mass is 9.77. The van der Waals surface area contributed by atoms with Crippen molar-refractivity contribution in [1.29, 1.82) is 0 Å². The lowest BCUT2D eigenvalue weighted by molar-refractivity contribution is -0.127. The number of para-hydroxylation sites is 2. The topological polar surface area (TPSA) is 68.2 Å². The lowest BCUT2D eigenvalue weighted by Gasteiger charge is -2.27. The normalized spacial score (nSPS) is 23.8. The molecule has 7 heteroatoms. The van der Waals surface area contributed by atoms with E-state index < -0.39 is 0 Å². The van der Waals surface area contributed by atoms with Crippen LogP contribution in [0, 0.1) is 11.3 Å². The molecule has 2 N–H and O–H groups in total. The molecule has 2 saturated heterocycles. The number of benzene rings is 2. The summed E-state index contributed by atoms with van der Waals surface area (Å²) in [6.07, 6.45) is 2.74. The van der Waals surface area contributed by atoms with E-state index >= 15 is 0 Å². The first kappa shape index (κ1) is 18.6. The minimum atomic E-state index is -0.0553. The van der Waals surface area contributed by atoms with Gasteiger partial charge in [0, 0.05) is 42.4 Å². The number of aromatic nitrogens is 2. The Morgan fingerprint density at radius 3 is 3.07 bits per heavy atom. The fourth-order valence-electron chi connectivity index (χ4n) is 4.51. The van der Waals surface area contributed by atoms with E-state index in [0.29, 0.717) is 24.7 Å². The Bertz CT molecular complexity index is 1050. The van der Waals surface area contributed by atoms with E-state index in [0.717, 1.165) is 41.9 Å². The minimum Gasteiger partial charge on any atom is -0.381 e.